The minimum absolute atomic E-state index is 0.00977. The number of alkyl halides is 3. The molecule has 0 aliphatic carbocycles. The predicted octanol–water partition coefficient (Wildman–Crippen LogP) is 3.53. The van der Waals surface area contributed by atoms with Crippen LogP contribution in [-0.4, -0.2) is 25.9 Å². The van der Waals surface area contributed by atoms with Crippen molar-refractivity contribution in [3.05, 3.63) is 34.9 Å². The first kappa shape index (κ1) is 16.0. The van der Waals surface area contributed by atoms with Crippen molar-refractivity contribution >= 4 is 0 Å². The highest BCUT2D eigenvalue weighted by molar-refractivity contribution is 5.31. The molecule has 0 aliphatic heterocycles. The van der Waals surface area contributed by atoms with Gasteiger partial charge in [0.05, 0.1) is 12.6 Å². The molecule has 0 aliphatic rings. The molecule has 0 bridgehead atoms. The first-order valence-electron chi connectivity index (χ1n) is 6.28. The van der Waals surface area contributed by atoms with Crippen LogP contribution in [0.15, 0.2) is 18.2 Å². The van der Waals surface area contributed by atoms with Gasteiger partial charge in [0.2, 0.25) is 0 Å². The molecule has 2 nitrogen and oxygen atoms in total. The zero-order valence-electron chi connectivity index (χ0n) is 11.5. The molecular formula is C14H20F3NO. The van der Waals surface area contributed by atoms with E-state index in [4.69, 9.17) is 4.74 Å². The highest BCUT2D eigenvalue weighted by atomic mass is 19.4. The molecule has 1 rings (SSSR count). The average Bonchev–Trinajstić information content (AvgIpc) is 2.30. The minimum atomic E-state index is -4.28. The number of halogens is 3. The predicted molar refractivity (Wildman–Crippen MR) is 69.2 cm³/mol. The third-order valence-electron chi connectivity index (χ3n) is 2.93. The van der Waals surface area contributed by atoms with Gasteiger partial charge in [-0.05, 0) is 37.1 Å². The lowest BCUT2D eigenvalue weighted by Crippen LogP contribution is -2.28. The molecule has 1 aromatic rings. The van der Waals surface area contributed by atoms with Gasteiger partial charge in [-0.1, -0.05) is 25.1 Å². The number of hydrogen-bond donors (Lipinski definition) is 1. The van der Waals surface area contributed by atoms with Crippen molar-refractivity contribution in [2.45, 2.75) is 33.0 Å². The Hall–Kier alpha value is -1.07. The maximum Gasteiger partial charge on any atom is 0.411 e. The Morgan fingerprint density at radius 1 is 1.21 bits per heavy atom. The summed E-state index contributed by atoms with van der Waals surface area (Å²) < 4.78 is 40.9. The Kier molecular flexibility index (Phi) is 5.82. The summed E-state index contributed by atoms with van der Waals surface area (Å²) in [7, 11) is 0. The molecule has 108 valence electrons. The van der Waals surface area contributed by atoms with Crippen molar-refractivity contribution in [1.29, 1.82) is 0 Å². The SMILES string of the molecule is CCNC(COCC(F)(F)F)c1ccc(C)c(C)c1. The molecule has 0 aromatic heterocycles. The van der Waals surface area contributed by atoms with Crippen molar-refractivity contribution in [3.63, 3.8) is 0 Å². The van der Waals surface area contributed by atoms with Gasteiger partial charge in [0, 0.05) is 0 Å². The summed E-state index contributed by atoms with van der Waals surface area (Å²) in [5.41, 5.74) is 3.23. The van der Waals surface area contributed by atoms with Crippen molar-refractivity contribution in [2.75, 3.05) is 19.8 Å². The standard InChI is InChI=1S/C14H20F3NO/c1-4-18-13(8-19-9-14(15,16)17)12-6-5-10(2)11(3)7-12/h5-7,13,18H,4,8-9H2,1-3H3. The van der Waals surface area contributed by atoms with Gasteiger partial charge in [0.25, 0.3) is 0 Å². The van der Waals surface area contributed by atoms with E-state index in [-0.39, 0.29) is 12.6 Å². The first-order chi connectivity index (χ1) is 8.83. The van der Waals surface area contributed by atoms with E-state index in [0.717, 1.165) is 16.7 Å². The Morgan fingerprint density at radius 3 is 2.42 bits per heavy atom. The third-order valence-corrected chi connectivity index (χ3v) is 2.93. The van der Waals surface area contributed by atoms with Gasteiger partial charge in [-0.2, -0.15) is 13.2 Å². The maximum absolute atomic E-state index is 12.1. The summed E-state index contributed by atoms with van der Waals surface area (Å²) in [6.07, 6.45) is -4.28. The van der Waals surface area contributed by atoms with Gasteiger partial charge < -0.3 is 10.1 Å². The number of hydrogen-bond acceptors (Lipinski definition) is 2. The van der Waals surface area contributed by atoms with Crippen molar-refractivity contribution in [3.8, 4) is 0 Å². The number of rotatable bonds is 6. The fourth-order valence-corrected chi connectivity index (χ4v) is 1.79. The Bertz CT molecular complexity index is 404. The van der Waals surface area contributed by atoms with Crippen molar-refractivity contribution in [1.82, 2.24) is 5.32 Å². The van der Waals surface area contributed by atoms with Gasteiger partial charge in [-0.3, -0.25) is 0 Å². The molecule has 0 saturated carbocycles. The van der Waals surface area contributed by atoms with E-state index in [9.17, 15) is 13.2 Å². The number of likely N-dealkylation sites (N-methyl/N-ethyl adjacent to an activating group) is 1. The highest BCUT2D eigenvalue weighted by Gasteiger charge is 2.28. The van der Waals surface area contributed by atoms with E-state index in [1.54, 1.807) is 0 Å². The van der Waals surface area contributed by atoms with E-state index >= 15 is 0 Å². The summed E-state index contributed by atoms with van der Waals surface area (Å²) >= 11 is 0. The zero-order chi connectivity index (χ0) is 14.5. The van der Waals surface area contributed by atoms with Crippen LogP contribution in [0.1, 0.15) is 29.7 Å². The Morgan fingerprint density at radius 2 is 1.89 bits per heavy atom. The van der Waals surface area contributed by atoms with Crippen LogP contribution in [0.3, 0.4) is 0 Å². The molecule has 0 radical (unpaired) electrons. The third kappa shape index (κ3) is 5.61. The molecule has 0 heterocycles. The van der Waals surface area contributed by atoms with Crippen molar-refractivity contribution in [2.24, 2.45) is 0 Å². The lowest BCUT2D eigenvalue weighted by Gasteiger charge is -2.20. The van der Waals surface area contributed by atoms with Crippen molar-refractivity contribution < 1.29 is 17.9 Å². The fraction of sp³-hybridized carbons (Fsp3) is 0.571. The summed E-state index contributed by atoms with van der Waals surface area (Å²) in [6, 6.07) is 5.66. The van der Waals surface area contributed by atoms with Crippen LogP contribution >= 0.6 is 0 Å². The molecule has 1 unspecified atom stereocenters. The largest absolute Gasteiger partial charge is 0.411 e. The van der Waals surface area contributed by atoms with Crippen LogP contribution in [0.2, 0.25) is 0 Å². The molecule has 1 N–H and O–H groups in total. The van der Waals surface area contributed by atoms with E-state index < -0.39 is 12.8 Å². The second-order valence-electron chi connectivity index (χ2n) is 4.58. The maximum atomic E-state index is 12.1. The van der Waals surface area contributed by atoms with E-state index in [2.05, 4.69) is 5.32 Å². The summed E-state index contributed by atoms with van der Waals surface area (Å²) in [5.74, 6) is 0. The number of aryl methyl sites for hydroxylation is 2. The van der Waals surface area contributed by atoms with Gasteiger partial charge in [0.1, 0.15) is 6.61 Å². The van der Waals surface area contributed by atoms with Crippen LogP contribution in [0, 0.1) is 13.8 Å². The normalized spacial score (nSPS) is 13.6. The first-order valence-corrected chi connectivity index (χ1v) is 6.28. The highest BCUT2D eigenvalue weighted by Crippen LogP contribution is 2.19. The van der Waals surface area contributed by atoms with Crippen LogP contribution in [-0.2, 0) is 4.74 Å². The average molecular weight is 275 g/mol. The molecule has 0 saturated heterocycles. The lowest BCUT2D eigenvalue weighted by molar-refractivity contribution is -0.175. The monoisotopic (exact) mass is 275 g/mol. The molecule has 1 aromatic carbocycles. The van der Waals surface area contributed by atoms with E-state index in [1.165, 1.54) is 0 Å². The fourth-order valence-electron chi connectivity index (χ4n) is 1.79. The molecule has 0 fully saturated rings. The quantitative estimate of drug-likeness (QED) is 0.857. The second-order valence-corrected chi connectivity index (χ2v) is 4.58. The number of benzene rings is 1. The van der Waals surface area contributed by atoms with Crippen LogP contribution in [0.5, 0.6) is 0 Å². The van der Waals surface area contributed by atoms with Gasteiger partial charge in [-0.25, -0.2) is 0 Å². The smallest absolute Gasteiger partial charge is 0.370 e. The molecule has 0 spiro atoms. The molecule has 5 heteroatoms. The second kappa shape index (κ2) is 6.91. The Balaban J connectivity index is 2.68. The van der Waals surface area contributed by atoms with Gasteiger partial charge in [0.15, 0.2) is 0 Å². The zero-order valence-corrected chi connectivity index (χ0v) is 11.5. The Labute approximate surface area is 112 Å². The molecule has 1 atom stereocenters. The lowest BCUT2D eigenvalue weighted by atomic mass is 10.0. The molecule has 19 heavy (non-hydrogen) atoms. The van der Waals surface area contributed by atoms with Crippen LogP contribution in [0.25, 0.3) is 0 Å². The summed E-state index contributed by atoms with van der Waals surface area (Å²) in [4.78, 5) is 0. The number of nitrogens with one attached hydrogen (secondary N) is 1. The van der Waals surface area contributed by atoms with Crippen LogP contribution in [0.4, 0.5) is 13.2 Å². The topological polar surface area (TPSA) is 21.3 Å². The minimum Gasteiger partial charge on any atom is -0.370 e. The molecular weight excluding hydrogens is 255 g/mol. The van der Waals surface area contributed by atoms with Gasteiger partial charge >= 0.3 is 6.18 Å². The van der Waals surface area contributed by atoms with E-state index in [0.29, 0.717) is 6.54 Å². The van der Waals surface area contributed by atoms with Crippen LogP contribution < -0.4 is 5.32 Å². The number of ether oxygens (including phenoxy) is 1. The summed E-state index contributed by atoms with van der Waals surface area (Å²) in [6.45, 7) is 5.38. The van der Waals surface area contributed by atoms with Gasteiger partial charge in [-0.15, -0.1) is 0 Å². The van der Waals surface area contributed by atoms with E-state index in [1.807, 2.05) is 39.0 Å². The molecule has 0 amide bonds. The summed E-state index contributed by atoms with van der Waals surface area (Å²) in [5, 5.41) is 3.14.